The van der Waals surface area contributed by atoms with E-state index in [0.29, 0.717) is 11.3 Å². The Bertz CT molecular complexity index is 417. The number of rotatable bonds is 0. The predicted octanol–water partition coefficient (Wildman–Crippen LogP) is 1.14. The maximum atomic E-state index is 9.43. The third-order valence-corrected chi connectivity index (χ3v) is 1.83. The molecule has 1 rings (SSSR count). The average molecular weight is 226 g/mol. The van der Waals surface area contributed by atoms with Gasteiger partial charge in [-0.1, -0.05) is 23.4 Å². The van der Waals surface area contributed by atoms with Gasteiger partial charge in [0, 0.05) is 0 Å². The number of nitrogen functional groups attached to an aromatic ring is 1. The summed E-state index contributed by atoms with van der Waals surface area (Å²) in [6.07, 6.45) is 0. The lowest BCUT2D eigenvalue weighted by molar-refractivity contribution is 0.143. The molecule has 1 heterocycles. The normalized spacial score (nSPS) is 10.7. The summed E-state index contributed by atoms with van der Waals surface area (Å²) in [4.78, 5) is 7.72. The summed E-state index contributed by atoms with van der Waals surface area (Å²) < 4.78 is 0. The number of anilines is 1. The number of aliphatic hydroxyl groups is 1. The highest BCUT2D eigenvalue weighted by atomic mass is 35.5. The molecule has 0 bridgehead atoms. The second kappa shape index (κ2) is 4.05. The van der Waals surface area contributed by atoms with Gasteiger partial charge in [0.15, 0.2) is 5.15 Å². The Kier molecular flexibility index (Phi) is 3.18. The van der Waals surface area contributed by atoms with Crippen LogP contribution in [0.4, 0.5) is 5.95 Å². The monoisotopic (exact) mass is 225 g/mol. The minimum absolute atomic E-state index is 0.117. The van der Waals surface area contributed by atoms with Crippen molar-refractivity contribution in [3.63, 3.8) is 0 Å². The molecule has 0 aliphatic heterocycles. The van der Waals surface area contributed by atoms with Crippen molar-refractivity contribution in [3.8, 4) is 11.8 Å². The van der Waals surface area contributed by atoms with Crippen molar-refractivity contribution in [2.24, 2.45) is 0 Å². The molecule has 0 saturated heterocycles. The number of halogens is 1. The third kappa shape index (κ3) is 3.39. The van der Waals surface area contributed by atoms with E-state index in [1.807, 2.05) is 0 Å². The van der Waals surface area contributed by atoms with Crippen LogP contribution in [0.1, 0.15) is 25.1 Å². The van der Waals surface area contributed by atoms with Crippen molar-refractivity contribution in [2.75, 3.05) is 5.73 Å². The number of aromatic nitrogens is 2. The Balaban J connectivity index is 3.20. The van der Waals surface area contributed by atoms with Gasteiger partial charge in [0.2, 0.25) is 5.95 Å². The van der Waals surface area contributed by atoms with E-state index in [0.717, 1.165) is 0 Å². The zero-order valence-electron chi connectivity index (χ0n) is 8.80. The van der Waals surface area contributed by atoms with E-state index in [1.165, 1.54) is 0 Å². The molecule has 4 nitrogen and oxygen atoms in total. The second-order valence-electron chi connectivity index (χ2n) is 3.64. The van der Waals surface area contributed by atoms with E-state index in [1.54, 1.807) is 20.8 Å². The summed E-state index contributed by atoms with van der Waals surface area (Å²) in [6, 6.07) is 0. The molecule has 0 saturated carbocycles. The van der Waals surface area contributed by atoms with Crippen molar-refractivity contribution in [1.29, 1.82) is 0 Å². The molecule has 0 fully saturated rings. The van der Waals surface area contributed by atoms with Crippen LogP contribution in [0.2, 0.25) is 5.15 Å². The number of aryl methyl sites for hydroxylation is 1. The minimum Gasteiger partial charge on any atom is -0.378 e. The Morgan fingerprint density at radius 1 is 1.40 bits per heavy atom. The molecule has 1 aromatic rings. The molecule has 0 aromatic carbocycles. The van der Waals surface area contributed by atoms with Crippen LogP contribution in [0.5, 0.6) is 0 Å². The summed E-state index contributed by atoms with van der Waals surface area (Å²) >= 11 is 5.85. The minimum atomic E-state index is -1.07. The van der Waals surface area contributed by atoms with Gasteiger partial charge in [0.25, 0.3) is 0 Å². The van der Waals surface area contributed by atoms with Crippen LogP contribution in [0.25, 0.3) is 0 Å². The van der Waals surface area contributed by atoms with Crippen molar-refractivity contribution in [1.82, 2.24) is 9.97 Å². The molecule has 3 N–H and O–H groups in total. The van der Waals surface area contributed by atoms with E-state index >= 15 is 0 Å². The lowest BCUT2D eigenvalue weighted by atomic mass is 10.1. The lowest BCUT2D eigenvalue weighted by Crippen LogP contribution is -2.14. The van der Waals surface area contributed by atoms with Crippen molar-refractivity contribution < 1.29 is 5.11 Å². The number of nitrogens with two attached hydrogens (primary N) is 1. The first-order valence-electron chi connectivity index (χ1n) is 4.35. The van der Waals surface area contributed by atoms with E-state index < -0.39 is 5.60 Å². The van der Waals surface area contributed by atoms with Crippen molar-refractivity contribution >= 4 is 17.5 Å². The zero-order valence-corrected chi connectivity index (χ0v) is 9.55. The van der Waals surface area contributed by atoms with Crippen LogP contribution >= 0.6 is 11.6 Å². The van der Waals surface area contributed by atoms with Crippen LogP contribution < -0.4 is 5.73 Å². The molecule has 0 radical (unpaired) electrons. The third-order valence-electron chi connectivity index (χ3n) is 1.56. The molecule has 0 aliphatic rings. The molecule has 0 amide bonds. The van der Waals surface area contributed by atoms with Gasteiger partial charge in [-0.25, -0.2) is 4.98 Å². The Morgan fingerprint density at radius 3 is 2.47 bits per heavy atom. The number of hydrogen-bond donors (Lipinski definition) is 2. The molecule has 1 aromatic heterocycles. The Hall–Kier alpha value is -1.31. The van der Waals surface area contributed by atoms with Crippen LogP contribution in [0, 0.1) is 18.8 Å². The molecular formula is C10H12ClN3O. The molecule has 0 atom stereocenters. The largest absolute Gasteiger partial charge is 0.378 e. The van der Waals surface area contributed by atoms with Crippen molar-refractivity contribution in [3.05, 3.63) is 16.4 Å². The maximum Gasteiger partial charge on any atom is 0.221 e. The van der Waals surface area contributed by atoms with E-state index in [-0.39, 0.29) is 11.1 Å². The number of hydrogen-bond acceptors (Lipinski definition) is 4. The molecule has 0 aliphatic carbocycles. The molecule has 15 heavy (non-hydrogen) atoms. The first-order valence-corrected chi connectivity index (χ1v) is 4.72. The standard InChI is InChI=1S/C10H12ClN3O/c1-6-7(4-5-10(2,3)15)8(11)14-9(12)13-6/h15H,1-3H3,(H2,12,13,14). The highest BCUT2D eigenvalue weighted by Gasteiger charge is 2.09. The first kappa shape index (κ1) is 11.8. The summed E-state index contributed by atoms with van der Waals surface area (Å²) in [5.74, 6) is 5.49. The van der Waals surface area contributed by atoms with E-state index in [4.69, 9.17) is 17.3 Å². The van der Waals surface area contributed by atoms with E-state index in [9.17, 15) is 5.11 Å². The van der Waals surface area contributed by atoms with Crippen LogP contribution in [-0.2, 0) is 0 Å². The molecule has 5 heteroatoms. The SMILES string of the molecule is Cc1nc(N)nc(Cl)c1C#CC(C)(C)O. The quantitative estimate of drug-likeness (QED) is 0.513. The van der Waals surface area contributed by atoms with Crippen molar-refractivity contribution in [2.45, 2.75) is 26.4 Å². The highest BCUT2D eigenvalue weighted by molar-refractivity contribution is 6.30. The van der Waals surface area contributed by atoms with Gasteiger partial charge in [-0.3, -0.25) is 0 Å². The maximum absolute atomic E-state index is 9.43. The van der Waals surface area contributed by atoms with Gasteiger partial charge in [-0.15, -0.1) is 0 Å². The molecule has 80 valence electrons. The van der Waals surface area contributed by atoms with Crippen LogP contribution in [0.3, 0.4) is 0 Å². The fraction of sp³-hybridized carbons (Fsp3) is 0.400. The fourth-order valence-corrected chi connectivity index (χ4v) is 1.19. The Labute approximate surface area is 93.5 Å². The van der Waals surface area contributed by atoms with Gasteiger partial charge in [-0.2, -0.15) is 4.98 Å². The van der Waals surface area contributed by atoms with Gasteiger partial charge in [-0.05, 0) is 20.8 Å². The first-order chi connectivity index (χ1) is 6.79. The molecular weight excluding hydrogens is 214 g/mol. The number of nitrogens with zero attached hydrogens (tertiary/aromatic N) is 2. The van der Waals surface area contributed by atoms with Gasteiger partial charge >= 0.3 is 0 Å². The lowest BCUT2D eigenvalue weighted by Gasteiger charge is -2.07. The predicted molar refractivity (Wildman–Crippen MR) is 59.4 cm³/mol. The summed E-state index contributed by atoms with van der Waals surface area (Å²) in [6.45, 7) is 4.90. The molecule has 0 unspecified atom stereocenters. The van der Waals surface area contributed by atoms with Gasteiger partial charge in [0.05, 0.1) is 11.3 Å². The fourth-order valence-electron chi connectivity index (χ4n) is 0.916. The summed E-state index contributed by atoms with van der Waals surface area (Å²) in [5.41, 5.74) is 5.43. The summed E-state index contributed by atoms with van der Waals surface area (Å²) in [7, 11) is 0. The average Bonchev–Trinajstić information content (AvgIpc) is 1.99. The van der Waals surface area contributed by atoms with Gasteiger partial charge in [0.1, 0.15) is 5.60 Å². The smallest absolute Gasteiger partial charge is 0.221 e. The van der Waals surface area contributed by atoms with E-state index in [2.05, 4.69) is 21.8 Å². The highest BCUT2D eigenvalue weighted by Crippen LogP contribution is 2.16. The van der Waals surface area contributed by atoms with Crippen LogP contribution in [-0.4, -0.2) is 20.7 Å². The van der Waals surface area contributed by atoms with Crippen LogP contribution in [0.15, 0.2) is 0 Å². The van der Waals surface area contributed by atoms with Gasteiger partial charge < -0.3 is 10.8 Å². The Morgan fingerprint density at radius 2 is 2.00 bits per heavy atom. The topological polar surface area (TPSA) is 72.0 Å². The summed E-state index contributed by atoms with van der Waals surface area (Å²) in [5, 5.41) is 9.64. The zero-order chi connectivity index (χ0) is 11.6. The molecule has 0 spiro atoms. The second-order valence-corrected chi connectivity index (χ2v) is 4.00.